The molecule has 1 aliphatic rings. The van der Waals surface area contributed by atoms with Gasteiger partial charge in [-0.25, -0.2) is 0 Å². The number of amides is 1. The van der Waals surface area contributed by atoms with Crippen LogP contribution in [0.4, 0.5) is 13.2 Å². The van der Waals surface area contributed by atoms with Crippen LogP contribution in [0.25, 0.3) is 0 Å². The van der Waals surface area contributed by atoms with Crippen molar-refractivity contribution in [2.45, 2.75) is 44.2 Å². The Morgan fingerprint density at radius 3 is 2.24 bits per heavy atom. The largest absolute Gasteiger partial charge is 0.481 e. The molecule has 1 saturated carbocycles. The van der Waals surface area contributed by atoms with Gasteiger partial charge in [0.05, 0.1) is 11.8 Å². The molecule has 1 aromatic rings. The first kappa shape index (κ1) is 19.3. The highest BCUT2D eigenvalue weighted by Crippen LogP contribution is 2.40. The highest BCUT2D eigenvalue weighted by Gasteiger charge is 2.41. The molecule has 1 atom stereocenters. The molecule has 1 aromatic carbocycles. The molecule has 7 heteroatoms. The smallest absolute Gasteiger partial charge is 0.391 e. The maximum atomic E-state index is 12.6. The maximum absolute atomic E-state index is 12.6. The summed E-state index contributed by atoms with van der Waals surface area (Å²) in [6.45, 7) is -0.0317. The Morgan fingerprint density at radius 1 is 1.12 bits per heavy atom. The predicted octanol–water partition coefficient (Wildman–Crippen LogP) is 3.73. The Hall–Kier alpha value is -2.05. The van der Waals surface area contributed by atoms with Crippen LogP contribution in [0.5, 0.6) is 0 Å². The summed E-state index contributed by atoms with van der Waals surface area (Å²) in [6.07, 6.45) is -3.15. The van der Waals surface area contributed by atoms with Gasteiger partial charge in [-0.2, -0.15) is 13.2 Å². The van der Waals surface area contributed by atoms with Crippen LogP contribution in [0.1, 0.15) is 43.6 Å². The van der Waals surface area contributed by atoms with Crippen molar-refractivity contribution in [1.29, 1.82) is 0 Å². The molecule has 138 valence electrons. The number of hydrogen-bond donors (Lipinski definition) is 2. The van der Waals surface area contributed by atoms with Crippen LogP contribution in [0.2, 0.25) is 0 Å². The van der Waals surface area contributed by atoms with E-state index in [4.69, 9.17) is 0 Å². The number of alkyl halides is 3. The van der Waals surface area contributed by atoms with Crippen molar-refractivity contribution in [1.82, 2.24) is 5.32 Å². The third kappa shape index (κ3) is 5.76. The van der Waals surface area contributed by atoms with E-state index in [0.29, 0.717) is 18.4 Å². The van der Waals surface area contributed by atoms with Gasteiger partial charge in [0.15, 0.2) is 0 Å². The van der Waals surface area contributed by atoms with E-state index >= 15 is 0 Å². The molecule has 2 rings (SSSR count). The Balaban J connectivity index is 1.80. The van der Waals surface area contributed by atoms with Crippen molar-refractivity contribution in [3.8, 4) is 0 Å². The average Bonchev–Trinajstić information content (AvgIpc) is 2.55. The summed E-state index contributed by atoms with van der Waals surface area (Å²) in [5.74, 6) is -3.51. The van der Waals surface area contributed by atoms with Gasteiger partial charge < -0.3 is 10.4 Å². The molecular weight excluding hydrogens is 335 g/mol. The van der Waals surface area contributed by atoms with Crippen LogP contribution in [0, 0.1) is 11.8 Å². The average molecular weight is 357 g/mol. The van der Waals surface area contributed by atoms with Crippen LogP contribution in [0.15, 0.2) is 30.3 Å². The Kier molecular flexibility index (Phi) is 6.45. The third-order valence-corrected chi connectivity index (χ3v) is 4.79. The first-order chi connectivity index (χ1) is 11.8. The Morgan fingerprint density at radius 2 is 1.72 bits per heavy atom. The van der Waals surface area contributed by atoms with E-state index in [2.05, 4.69) is 5.32 Å². The van der Waals surface area contributed by atoms with E-state index in [1.807, 2.05) is 0 Å². The normalized spacial score (nSPS) is 22.2. The van der Waals surface area contributed by atoms with Gasteiger partial charge in [0.1, 0.15) is 0 Å². The van der Waals surface area contributed by atoms with E-state index in [1.54, 1.807) is 30.3 Å². The number of carboxylic acid groups (broad SMARTS) is 1. The number of benzene rings is 1. The van der Waals surface area contributed by atoms with Crippen molar-refractivity contribution in [2.75, 3.05) is 6.54 Å². The van der Waals surface area contributed by atoms with E-state index in [1.165, 1.54) is 0 Å². The molecule has 0 aliphatic heterocycles. The molecule has 0 aromatic heterocycles. The molecule has 0 heterocycles. The lowest BCUT2D eigenvalue weighted by Crippen LogP contribution is -2.34. The number of hydrogen-bond acceptors (Lipinski definition) is 2. The first-order valence-electron chi connectivity index (χ1n) is 8.38. The second-order valence-electron chi connectivity index (χ2n) is 6.57. The lowest BCUT2D eigenvalue weighted by Gasteiger charge is -2.29. The summed E-state index contributed by atoms with van der Waals surface area (Å²) in [6, 6.07) is 8.60. The summed E-state index contributed by atoms with van der Waals surface area (Å²) < 4.78 is 37.9. The molecule has 1 aliphatic carbocycles. The van der Waals surface area contributed by atoms with Crippen LogP contribution in [-0.2, 0) is 9.59 Å². The maximum Gasteiger partial charge on any atom is 0.391 e. The monoisotopic (exact) mass is 357 g/mol. The molecule has 0 saturated heterocycles. The van der Waals surface area contributed by atoms with E-state index in [9.17, 15) is 27.9 Å². The standard InChI is InChI=1S/C18H22F3NO3/c19-18(20,21)14-8-6-12(7-9-14)10-16(23)22-11-15(17(24)25)13-4-2-1-3-5-13/h1-5,12,14-15H,6-11H2,(H,22,23)(H,24,25). The summed E-state index contributed by atoms with van der Waals surface area (Å²) in [5, 5.41) is 11.9. The Bertz CT molecular complexity index is 581. The highest BCUT2D eigenvalue weighted by atomic mass is 19.4. The zero-order chi connectivity index (χ0) is 18.4. The van der Waals surface area contributed by atoms with Gasteiger partial charge in [-0.3, -0.25) is 9.59 Å². The summed E-state index contributed by atoms with van der Waals surface area (Å²) in [4.78, 5) is 23.4. The molecule has 0 spiro atoms. The van der Waals surface area contributed by atoms with Crippen LogP contribution in [0.3, 0.4) is 0 Å². The quantitative estimate of drug-likeness (QED) is 0.815. The number of carbonyl (C=O) groups excluding carboxylic acids is 1. The minimum absolute atomic E-state index is 0.0317. The van der Waals surface area contributed by atoms with Gasteiger partial charge in [-0.15, -0.1) is 0 Å². The third-order valence-electron chi connectivity index (χ3n) is 4.79. The van der Waals surface area contributed by atoms with Gasteiger partial charge >= 0.3 is 12.1 Å². The predicted molar refractivity (Wildman–Crippen MR) is 85.9 cm³/mol. The summed E-state index contributed by atoms with van der Waals surface area (Å²) in [5.41, 5.74) is 0.598. The summed E-state index contributed by atoms with van der Waals surface area (Å²) >= 11 is 0. The molecule has 0 radical (unpaired) electrons. The second kappa shape index (κ2) is 8.36. The van der Waals surface area contributed by atoms with E-state index in [-0.39, 0.29) is 37.6 Å². The van der Waals surface area contributed by atoms with Crippen molar-refractivity contribution in [3.63, 3.8) is 0 Å². The van der Waals surface area contributed by atoms with Gasteiger partial charge in [-0.1, -0.05) is 30.3 Å². The number of carboxylic acids is 1. The number of aliphatic carboxylic acids is 1. The van der Waals surface area contributed by atoms with Crippen molar-refractivity contribution in [2.24, 2.45) is 11.8 Å². The van der Waals surface area contributed by atoms with Crippen molar-refractivity contribution in [3.05, 3.63) is 35.9 Å². The molecule has 0 bridgehead atoms. The number of nitrogens with one attached hydrogen (secondary N) is 1. The number of carbonyl (C=O) groups is 2. The molecular formula is C18H22F3NO3. The van der Waals surface area contributed by atoms with Crippen molar-refractivity contribution < 1.29 is 27.9 Å². The minimum atomic E-state index is -4.16. The van der Waals surface area contributed by atoms with E-state index < -0.39 is 24.0 Å². The van der Waals surface area contributed by atoms with Gasteiger partial charge in [0, 0.05) is 13.0 Å². The fourth-order valence-electron chi connectivity index (χ4n) is 3.28. The number of rotatable bonds is 6. The topological polar surface area (TPSA) is 66.4 Å². The molecule has 1 unspecified atom stereocenters. The molecule has 1 fully saturated rings. The highest BCUT2D eigenvalue weighted by molar-refractivity contribution is 5.79. The Labute approximate surface area is 144 Å². The molecule has 1 amide bonds. The fraction of sp³-hybridized carbons (Fsp3) is 0.556. The zero-order valence-electron chi connectivity index (χ0n) is 13.8. The number of halogens is 3. The van der Waals surface area contributed by atoms with Crippen LogP contribution >= 0.6 is 0 Å². The second-order valence-corrected chi connectivity index (χ2v) is 6.57. The lowest BCUT2D eigenvalue weighted by molar-refractivity contribution is -0.184. The van der Waals surface area contributed by atoms with Gasteiger partial charge in [0.25, 0.3) is 0 Å². The van der Waals surface area contributed by atoms with Crippen LogP contribution < -0.4 is 5.32 Å². The SMILES string of the molecule is O=C(CC1CCC(C(F)(F)F)CC1)NCC(C(=O)O)c1ccccc1. The first-order valence-corrected chi connectivity index (χ1v) is 8.38. The lowest BCUT2D eigenvalue weighted by atomic mass is 9.80. The summed E-state index contributed by atoms with van der Waals surface area (Å²) in [7, 11) is 0. The van der Waals surface area contributed by atoms with Crippen LogP contribution in [-0.4, -0.2) is 29.7 Å². The van der Waals surface area contributed by atoms with Crippen molar-refractivity contribution >= 4 is 11.9 Å². The van der Waals surface area contributed by atoms with Gasteiger partial charge in [-0.05, 0) is 37.2 Å². The fourth-order valence-corrected chi connectivity index (χ4v) is 3.28. The molecule has 25 heavy (non-hydrogen) atoms. The molecule has 2 N–H and O–H groups in total. The molecule has 4 nitrogen and oxygen atoms in total. The van der Waals surface area contributed by atoms with Gasteiger partial charge in [0.2, 0.25) is 5.91 Å². The van der Waals surface area contributed by atoms with E-state index in [0.717, 1.165) is 0 Å². The minimum Gasteiger partial charge on any atom is -0.481 e. The zero-order valence-corrected chi connectivity index (χ0v) is 13.8.